The Hall–Kier alpha value is -3.05. The molecule has 3 heterocycles. The summed E-state index contributed by atoms with van der Waals surface area (Å²) in [7, 11) is 0. The molecule has 10 heteroatoms. The van der Waals surface area contributed by atoms with Crippen molar-refractivity contribution in [2.45, 2.75) is 33.2 Å². The van der Waals surface area contributed by atoms with Crippen LogP contribution in [0.15, 0.2) is 52.9 Å². The molecule has 5 aromatic rings. The van der Waals surface area contributed by atoms with Gasteiger partial charge in [-0.25, -0.2) is 10.1 Å². The zero-order valence-corrected chi connectivity index (χ0v) is 21.6. The Labute approximate surface area is 216 Å². The second-order valence-electron chi connectivity index (χ2n) is 7.60. The highest BCUT2D eigenvalue weighted by Crippen LogP contribution is 2.32. The van der Waals surface area contributed by atoms with Crippen LogP contribution in [0.2, 0.25) is 0 Å². The number of H-pyrrole nitrogens is 1. The van der Waals surface area contributed by atoms with Gasteiger partial charge in [-0.05, 0) is 75.7 Å². The second kappa shape index (κ2) is 10.5. The van der Waals surface area contributed by atoms with Gasteiger partial charge in [0.05, 0.1) is 15.0 Å². The predicted molar refractivity (Wildman–Crippen MR) is 143 cm³/mol. The smallest absolute Gasteiger partial charge is 0.228 e. The molecule has 8 nitrogen and oxygen atoms in total. The number of hydrogen-bond acceptors (Lipinski definition) is 7. The van der Waals surface area contributed by atoms with Crippen LogP contribution < -0.4 is 5.32 Å². The molecule has 0 bridgehead atoms. The molecule has 0 aliphatic heterocycles. The van der Waals surface area contributed by atoms with Crippen molar-refractivity contribution in [3.8, 4) is 22.8 Å². The Morgan fingerprint density at radius 2 is 1.82 bits per heavy atom. The molecular weight excluding hydrogens is 565 g/mol. The number of aryl methyl sites for hydroxylation is 2. The summed E-state index contributed by atoms with van der Waals surface area (Å²) >= 11 is 2.38. The molecule has 0 atom stereocenters. The summed E-state index contributed by atoms with van der Waals surface area (Å²) in [6.45, 7) is 4.96. The highest BCUT2D eigenvalue weighted by atomic mass is 127. The van der Waals surface area contributed by atoms with Gasteiger partial charge < -0.3 is 9.73 Å². The SMILES string of the molecule is CCc1cc(NCc2ccc3oc(-c4ccccc4-c4nnn[nH]4)nc3c2)c(I)c(CC)n1.Cl. The van der Waals surface area contributed by atoms with Crippen molar-refractivity contribution in [2.24, 2.45) is 0 Å². The Morgan fingerprint density at radius 3 is 2.56 bits per heavy atom. The van der Waals surface area contributed by atoms with Crippen LogP contribution in [0.1, 0.15) is 30.8 Å². The first-order chi connectivity index (χ1) is 16.2. The highest BCUT2D eigenvalue weighted by Gasteiger charge is 2.16. The fourth-order valence-electron chi connectivity index (χ4n) is 3.73. The molecule has 0 unspecified atom stereocenters. The minimum Gasteiger partial charge on any atom is -0.436 e. The van der Waals surface area contributed by atoms with Gasteiger partial charge in [0.2, 0.25) is 5.89 Å². The molecule has 2 N–H and O–H groups in total. The number of pyridine rings is 1. The van der Waals surface area contributed by atoms with Gasteiger partial charge >= 0.3 is 0 Å². The van der Waals surface area contributed by atoms with E-state index in [1.165, 1.54) is 3.57 Å². The summed E-state index contributed by atoms with van der Waals surface area (Å²) in [6, 6.07) is 16.0. The molecular formula is C24H23ClIN7O. The molecule has 34 heavy (non-hydrogen) atoms. The zero-order valence-electron chi connectivity index (χ0n) is 18.7. The number of tetrazole rings is 1. The Kier molecular flexibility index (Phi) is 7.42. The largest absolute Gasteiger partial charge is 0.436 e. The lowest BCUT2D eigenvalue weighted by atomic mass is 10.1. The van der Waals surface area contributed by atoms with Gasteiger partial charge in [-0.1, -0.05) is 38.1 Å². The van der Waals surface area contributed by atoms with Gasteiger partial charge in [0.25, 0.3) is 0 Å². The van der Waals surface area contributed by atoms with E-state index in [1.54, 1.807) is 0 Å². The first-order valence-electron chi connectivity index (χ1n) is 10.8. The highest BCUT2D eigenvalue weighted by molar-refractivity contribution is 14.1. The Balaban J connectivity index is 0.00000274. The number of aromatic amines is 1. The van der Waals surface area contributed by atoms with Crippen molar-refractivity contribution in [2.75, 3.05) is 5.32 Å². The molecule has 0 aliphatic carbocycles. The van der Waals surface area contributed by atoms with Gasteiger partial charge in [-0.2, -0.15) is 0 Å². The number of nitrogens with zero attached hydrogens (tertiary/aromatic N) is 5. The Morgan fingerprint density at radius 1 is 1.00 bits per heavy atom. The van der Waals surface area contributed by atoms with Crippen molar-refractivity contribution in [1.29, 1.82) is 0 Å². The maximum absolute atomic E-state index is 6.07. The van der Waals surface area contributed by atoms with Crippen LogP contribution in [-0.2, 0) is 19.4 Å². The molecule has 0 radical (unpaired) electrons. The minimum absolute atomic E-state index is 0. The van der Waals surface area contributed by atoms with E-state index >= 15 is 0 Å². The summed E-state index contributed by atoms with van der Waals surface area (Å²) in [5.74, 6) is 1.11. The number of halogens is 2. The second-order valence-corrected chi connectivity index (χ2v) is 8.68. The molecule has 0 aliphatic rings. The predicted octanol–water partition coefficient (Wildman–Crippen LogP) is 5.83. The van der Waals surface area contributed by atoms with E-state index in [1.807, 2.05) is 30.3 Å². The van der Waals surface area contributed by atoms with E-state index in [4.69, 9.17) is 14.4 Å². The van der Waals surface area contributed by atoms with Crippen molar-refractivity contribution in [1.82, 2.24) is 30.6 Å². The molecule has 0 fully saturated rings. The molecule has 0 saturated carbocycles. The fraction of sp³-hybridized carbons (Fsp3) is 0.208. The third kappa shape index (κ3) is 4.76. The van der Waals surface area contributed by atoms with E-state index < -0.39 is 0 Å². The number of nitrogens with one attached hydrogen (secondary N) is 2. The summed E-state index contributed by atoms with van der Waals surface area (Å²) in [5.41, 5.74) is 7.69. The summed E-state index contributed by atoms with van der Waals surface area (Å²) in [6.07, 6.45) is 1.83. The Bertz CT molecular complexity index is 1420. The number of anilines is 1. The summed E-state index contributed by atoms with van der Waals surface area (Å²) in [4.78, 5) is 9.49. The third-order valence-corrected chi connectivity index (χ3v) is 6.67. The zero-order chi connectivity index (χ0) is 22.8. The summed E-state index contributed by atoms with van der Waals surface area (Å²) in [5, 5.41) is 17.8. The van der Waals surface area contributed by atoms with Crippen molar-refractivity contribution >= 4 is 51.8 Å². The molecule has 174 valence electrons. The van der Waals surface area contributed by atoms with Crippen LogP contribution >= 0.6 is 35.0 Å². The number of benzene rings is 2. The van der Waals surface area contributed by atoms with Crippen molar-refractivity contribution < 1.29 is 4.42 Å². The van der Waals surface area contributed by atoms with E-state index in [-0.39, 0.29) is 12.4 Å². The summed E-state index contributed by atoms with van der Waals surface area (Å²) < 4.78 is 7.24. The first kappa shape index (κ1) is 24.1. The maximum atomic E-state index is 6.07. The van der Waals surface area contributed by atoms with Gasteiger partial charge in [0.1, 0.15) is 5.52 Å². The normalized spacial score (nSPS) is 10.9. The lowest BCUT2D eigenvalue weighted by Crippen LogP contribution is -2.06. The standard InChI is InChI=1S/C24H22IN7O.ClH/c1-3-15-12-20(22(25)18(4-2)27-15)26-13-14-9-10-21-19(11-14)28-24(33-21)17-8-6-5-7-16(17)23-29-31-32-30-23;/h5-12H,3-4,13H2,1-2H3,(H,26,27)(H,29,30,31,32);1H. The fourth-order valence-corrected chi connectivity index (χ4v) is 4.58. The molecule has 0 amide bonds. The third-order valence-electron chi connectivity index (χ3n) is 5.47. The van der Waals surface area contributed by atoms with E-state index in [2.05, 4.69) is 80.6 Å². The van der Waals surface area contributed by atoms with Gasteiger partial charge in [0.15, 0.2) is 11.4 Å². The average Bonchev–Trinajstić information content (AvgIpc) is 3.53. The molecule has 0 saturated heterocycles. The van der Waals surface area contributed by atoms with Crippen LogP contribution in [0.5, 0.6) is 0 Å². The van der Waals surface area contributed by atoms with Crippen LogP contribution in [-0.4, -0.2) is 30.6 Å². The van der Waals surface area contributed by atoms with Crippen molar-refractivity contribution in [3.05, 3.63) is 69.1 Å². The number of oxazole rings is 1. The van der Waals surface area contributed by atoms with E-state index in [0.29, 0.717) is 18.3 Å². The number of aromatic nitrogens is 6. The van der Waals surface area contributed by atoms with Crippen LogP contribution in [0, 0.1) is 3.57 Å². The monoisotopic (exact) mass is 587 g/mol. The van der Waals surface area contributed by atoms with Gasteiger partial charge in [-0.15, -0.1) is 17.5 Å². The maximum Gasteiger partial charge on any atom is 0.228 e. The molecule has 0 spiro atoms. The van der Waals surface area contributed by atoms with E-state index in [0.717, 1.165) is 57.7 Å². The number of rotatable bonds is 7. The first-order valence-corrected chi connectivity index (χ1v) is 11.9. The molecule has 3 aromatic heterocycles. The van der Waals surface area contributed by atoms with E-state index in [9.17, 15) is 0 Å². The van der Waals surface area contributed by atoms with Crippen LogP contribution in [0.3, 0.4) is 0 Å². The van der Waals surface area contributed by atoms with Crippen LogP contribution in [0.25, 0.3) is 33.9 Å². The van der Waals surface area contributed by atoms with Crippen molar-refractivity contribution in [3.63, 3.8) is 0 Å². The lowest BCUT2D eigenvalue weighted by Gasteiger charge is -2.13. The number of fused-ring (bicyclic) bond motifs is 1. The number of hydrogen-bond donors (Lipinski definition) is 2. The average molecular weight is 588 g/mol. The topological polar surface area (TPSA) is 105 Å². The molecule has 2 aromatic carbocycles. The lowest BCUT2D eigenvalue weighted by molar-refractivity contribution is 0.620. The minimum atomic E-state index is 0. The van der Waals surface area contributed by atoms with Gasteiger partial charge in [0, 0.05) is 23.4 Å². The van der Waals surface area contributed by atoms with Crippen LogP contribution in [0.4, 0.5) is 5.69 Å². The molecule has 5 rings (SSSR count). The van der Waals surface area contributed by atoms with Gasteiger partial charge in [-0.3, -0.25) is 4.98 Å². The quantitative estimate of drug-likeness (QED) is 0.231.